The highest BCUT2D eigenvalue weighted by atomic mass is 28.4. The summed E-state index contributed by atoms with van der Waals surface area (Å²) in [5, 5.41) is 0. The lowest BCUT2D eigenvalue weighted by Gasteiger charge is -2.31. The normalized spacial score (nSPS) is 11.3. The van der Waals surface area contributed by atoms with Crippen molar-refractivity contribution in [3.8, 4) is 0 Å². The van der Waals surface area contributed by atoms with Crippen LogP contribution in [0.2, 0.25) is 6.04 Å². The molecule has 0 unspecified atom stereocenters. The molecule has 0 saturated carbocycles. The van der Waals surface area contributed by atoms with E-state index in [9.17, 15) is 0 Å². The summed E-state index contributed by atoms with van der Waals surface area (Å²) < 4.78 is 6.59. The molecular weight excluding hydrogens is 296 g/mol. The van der Waals surface area contributed by atoms with Crippen molar-refractivity contribution >= 4 is 8.32 Å². The van der Waals surface area contributed by atoms with Gasteiger partial charge in [-0.1, -0.05) is 80.1 Å². The quantitative estimate of drug-likeness (QED) is 0.318. The standard InChI is InChI=1S/C21H28OSi/c1-3-5-16-22-23(17-4-2,18-20-12-8-6-9-13-20)19-21-14-10-7-11-15-21/h4,6-15H,2-3,5,16-19H2,1H3. The smallest absolute Gasteiger partial charge is 0.205 e. The Bertz CT molecular complexity index is 523. The van der Waals surface area contributed by atoms with Gasteiger partial charge in [0.05, 0.1) is 0 Å². The molecule has 2 aromatic carbocycles. The first-order chi connectivity index (χ1) is 11.3. The molecule has 0 bridgehead atoms. The largest absolute Gasteiger partial charge is 0.416 e. The zero-order chi connectivity index (χ0) is 16.4. The number of hydrogen-bond acceptors (Lipinski definition) is 1. The summed E-state index contributed by atoms with van der Waals surface area (Å²) in [5.41, 5.74) is 2.77. The predicted octanol–water partition coefficient (Wildman–Crippen LogP) is 5.50. The summed E-state index contributed by atoms with van der Waals surface area (Å²) in [6.07, 6.45) is 4.37. The van der Waals surface area contributed by atoms with E-state index in [1.165, 1.54) is 17.5 Å². The fourth-order valence-corrected chi connectivity index (χ4v) is 6.80. The van der Waals surface area contributed by atoms with Crippen LogP contribution in [0.25, 0.3) is 0 Å². The average Bonchev–Trinajstić information content (AvgIpc) is 2.57. The molecule has 0 N–H and O–H groups in total. The Kier molecular flexibility index (Phi) is 7.30. The third kappa shape index (κ3) is 5.81. The van der Waals surface area contributed by atoms with Gasteiger partial charge in [0.1, 0.15) is 0 Å². The Morgan fingerprint density at radius 3 is 1.87 bits per heavy atom. The van der Waals surface area contributed by atoms with E-state index in [1.807, 2.05) is 0 Å². The molecule has 0 heterocycles. The lowest BCUT2D eigenvalue weighted by atomic mass is 10.2. The van der Waals surface area contributed by atoms with Gasteiger partial charge in [0, 0.05) is 6.61 Å². The molecule has 0 fully saturated rings. The molecule has 2 heteroatoms. The first-order valence-corrected chi connectivity index (χ1v) is 11.1. The summed E-state index contributed by atoms with van der Waals surface area (Å²) in [6, 6.07) is 24.6. The Labute approximate surface area is 142 Å². The van der Waals surface area contributed by atoms with Crippen LogP contribution in [0.5, 0.6) is 0 Å². The Hall–Kier alpha value is -1.64. The molecule has 0 aliphatic carbocycles. The first kappa shape index (κ1) is 17.7. The van der Waals surface area contributed by atoms with Crippen LogP contribution < -0.4 is 0 Å². The number of benzene rings is 2. The third-order valence-corrected chi connectivity index (χ3v) is 8.12. The second kappa shape index (κ2) is 9.49. The molecule has 122 valence electrons. The van der Waals surface area contributed by atoms with Crippen molar-refractivity contribution in [2.75, 3.05) is 6.61 Å². The molecule has 0 radical (unpaired) electrons. The maximum Gasteiger partial charge on any atom is 0.205 e. The fourth-order valence-electron chi connectivity index (χ4n) is 3.00. The van der Waals surface area contributed by atoms with Gasteiger partial charge in [-0.05, 0) is 35.7 Å². The summed E-state index contributed by atoms with van der Waals surface area (Å²) in [7, 11) is -1.93. The van der Waals surface area contributed by atoms with Gasteiger partial charge in [-0.2, -0.15) is 0 Å². The number of unbranched alkanes of at least 4 members (excludes halogenated alkanes) is 1. The molecular formula is C21H28OSi. The Morgan fingerprint density at radius 2 is 1.43 bits per heavy atom. The van der Waals surface area contributed by atoms with Crippen molar-refractivity contribution in [3.05, 3.63) is 84.4 Å². The van der Waals surface area contributed by atoms with Crippen molar-refractivity contribution in [1.82, 2.24) is 0 Å². The summed E-state index contributed by atoms with van der Waals surface area (Å²) in [5.74, 6) is 0. The molecule has 2 rings (SSSR count). The Morgan fingerprint density at radius 1 is 0.913 bits per heavy atom. The second-order valence-corrected chi connectivity index (χ2v) is 9.97. The van der Waals surface area contributed by atoms with Crippen LogP contribution in [-0.4, -0.2) is 14.9 Å². The molecule has 0 saturated heterocycles. The highest BCUT2D eigenvalue weighted by molar-refractivity contribution is 6.73. The highest BCUT2D eigenvalue weighted by Crippen LogP contribution is 2.24. The molecule has 2 aromatic rings. The van der Waals surface area contributed by atoms with E-state index in [2.05, 4.69) is 80.2 Å². The lowest BCUT2D eigenvalue weighted by Crippen LogP contribution is -2.44. The number of hydrogen-bond donors (Lipinski definition) is 0. The van der Waals surface area contributed by atoms with Crippen LogP contribution in [0.1, 0.15) is 30.9 Å². The molecule has 0 atom stereocenters. The van der Waals surface area contributed by atoms with Gasteiger partial charge in [-0.3, -0.25) is 0 Å². The topological polar surface area (TPSA) is 9.23 Å². The number of rotatable bonds is 10. The second-order valence-electron chi connectivity index (χ2n) is 6.20. The first-order valence-electron chi connectivity index (χ1n) is 8.61. The van der Waals surface area contributed by atoms with E-state index in [0.717, 1.165) is 31.2 Å². The van der Waals surface area contributed by atoms with E-state index in [0.29, 0.717) is 0 Å². The monoisotopic (exact) mass is 324 g/mol. The molecule has 1 nitrogen and oxygen atoms in total. The lowest BCUT2D eigenvalue weighted by molar-refractivity contribution is 0.290. The van der Waals surface area contributed by atoms with Gasteiger partial charge >= 0.3 is 0 Å². The van der Waals surface area contributed by atoms with Crippen LogP contribution in [0.4, 0.5) is 0 Å². The van der Waals surface area contributed by atoms with Crippen molar-refractivity contribution in [2.45, 2.75) is 37.9 Å². The van der Waals surface area contributed by atoms with E-state index in [4.69, 9.17) is 4.43 Å². The summed E-state index contributed by atoms with van der Waals surface area (Å²) in [4.78, 5) is 0. The van der Waals surface area contributed by atoms with Gasteiger partial charge in [-0.25, -0.2) is 0 Å². The maximum atomic E-state index is 6.59. The van der Waals surface area contributed by atoms with E-state index in [1.54, 1.807) is 0 Å². The van der Waals surface area contributed by atoms with E-state index < -0.39 is 8.32 Å². The molecule has 23 heavy (non-hydrogen) atoms. The molecule has 0 aromatic heterocycles. The zero-order valence-electron chi connectivity index (χ0n) is 14.2. The van der Waals surface area contributed by atoms with E-state index >= 15 is 0 Å². The zero-order valence-corrected chi connectivity index (χ0v) is 15.2. The summed E-state index contributed by atoms with van der Waals surface area (Å²) in [6.45, 7) is 7.10. The van der Waals surface area contributed by atoms with Gasteiger partial charge in [0.15, 0.2) is 0 Å². The molecule has 0 aliphatic rings. The van der Waals surface area contributed by atoms with Crippen LogP contribution in [0.3, 0.4) is 0 Å². The van der Waals surface area contributed by atoms with Crippen molar-refractivity contribution < 1.29 is 4.43 Å². The minimum atomic E-state index is -1.93. The van der Waals surface area contributed by atoms with Crippen LogP contribution in [-0.2, 0) is 16.5 Å². The fraction of sp³-hybridized carbons (Fsp3) is 0.333. The highest BCUT2D eigenvalue weighted by Gasteiger charge is 2.34. The van der Waals surface area contributed by atoms with Crippen LogP contribution in [0, 0.1) is 0 Å². The van der Waals surface area contributed by atoms with Crippen molar-refractivity contribution in [2.24, 2.45) is 0 Å². The summed E-state index contributed by atoms with van der Waals surface area (Å²) >= 11 is 0. The minimum absolute atomic E-state index is 0.871. The number of allylic oxidation sites excluding steroid dienone is 1. The minimum Gasteiger partial charge on any atom is -0.416 e. The van der Waals surface area contributed by atoms with Crippen LogP contribution in [0.15, 0.2) is 73.3 Å². The van der Waals surface area contributed by atoms with Gasteiger partial charge in [0.2, 0.25) is 8.32 Å². The molecule has 0 amide bonds. The average molecular weight is 325 g/mol. The van der Waals surface area contributed by atoms with Gasteiger partial charge in [0.25, 0.3) is 0 Å². The van der Waals surface area contributed by atoms with Gasteiger partial charge in [-0.15, -0.1) is 6.58 Å². The molecule has 0 aliphatic heterocycles. The predicted molar refractivity (Wildman–Crippen MR) is 102 cm³/mol. The van der Waals surface area contributed by atoms with Crippen molar-refractivity contribution in [3.63, 3.8) is 0 Å². The Balaban J connectivity index is 2.23. The third-order valence-electron chi connectivity index (χ3n) is 4.16. The SMILES string of the molecule is C=CC[Si](Cc1ccccc1)(Cc1ccccc1)OCCCC. The molecule has 0 spiro atoms. The van der Waals surface area contributed by atoms with Crippen molar-refractivity contribution in [1.29, 1.82) is 0 Å². The maximum absolute atomic E-state index is 6.59. The van der Waals surface area contributed by atoms with Gasteiger partial charge < -0.3 is 4.43 Å². The van der Waals surface area contributed by atoms with Crippen LogP contribution >= 0.6 is 0 Å². The van der Waals surface area contributed by atoms with E-state index in [-0.39, 0.29) is 0 Å².